The Hall–Kier alpha value is -1.56. The molecule has 1 fully saturated rings. The van der Waals surface area contributed by atoms with Crippen molar-refractivity contribution >= 4 is 5.96 Å². The maximum absolute atomic E-state index is 5.97. The summed E-state index contributed by atoms with van der Waals surface area (Å²) in [5, 5.41) is 10.7. The van der Waals surface area contributed by atoms with E-state index in [2.05, 4.69) is 20.7 Å². The first-order valence-electron chi connectivity index (χ1n) is 8.31. The molecule has 0 saturated heterocycles. The molecule has 0 aromatic carbocycles. The van der Waals surface area contributed by atoms with Crippen molar-refractivity contribution in [3.63, 3.8) is 0 Å². The number of hydrogen-bond acceptors (Lipinski definition) is 3. The van der Waals surface area contributed by atoms with E-state index in [1.54, 1.807) is 11.7 Å². The van der Waals surface area contributed by atoms with Crippen LogP contribution in [0.5, 0.6) is 0 Å². The van der Waals surface area contributed by atoms with Crippen LogP contribution in [-0.4, -0.2) is 42.0 Å². The number of aliphatic imine (C=N–C) groups is 1. The van der Waals surface area contributed by atoms with Crippen molar-refractivity contribution in [2.75, 3.05) is 20.2 Å². The summed E-state index contributed by atoms with van der Waals surface area (Å²) in [5.74, 6) is 0.799. The highest BCUT2D eigenvalue weighted by Crippen LogP contribution is 2.19. The highest BCUT2D eigenvalue weighted by molar-refractivity contribution is 5.79. The van der Waals surface area contributed by atoms with Gasteiger partial charge in [-0.3, -0.25) is 9.67 Å². The van der Waals surface area contributed by atoms with Gasteiger partial charge in [0.25, 0.3) is 0 Å². The lowest BCUT2D eigenvalue weighted by Crippen LogP contribution is -2.38. The van der Waals surface area contributed by atoms with E-state index in [9.17, 15) is 0 Å². The minimum absolute atomic E-state index is 0.453. The Kier molecular flexibility index (Phi) is 7.22. The van der Waals surface area contributed by atoms with E-state index in [1.165, 1.54) is 38.5 Å². The summed E-state index contributed by atoms with van der Waals surface area (Å²) in [6, 6.07) is 0. The highest BCUT2D eigenvalue weighted by atomic mass is 16.5. The summed E-state index contributed by atoms with van der Waals surface area (Å²) in [4.78, 5) is 4.22. The Balaban J connectivity index is 1.59. The summed E-state index contributed by atoms with van der Waals surface area (Å²) in [5.41, 5.74) is 1.14. The van der Waals surface area contributed by atoms with E-state index in [4.69, 9.17) is 4.74 Å². The predicted octanol–water partition coefficient (Wildman–Crippen LogP) is 1.82. The molecule has 6 heteroatoms. The van der Waals surface area contributed by atoms with Crippen molar-refractivity contribution < 1.29 is 4.74 Å². The summed E-state index contributed by atoms with van der Waals surface area (Å²) < 4.78 is 7.76. The van der Waals surface area contributed by atoms with E-state index in [0.29, 0.717) is 6.10 Å². The second-order valence-electron chi connectivity index (χ2n) is 5.86. The Morgan fingerprint density at radius 2 is 2.09 bits per heavy atom. The molecular weight excluding hydrogens is 278 g/mol. The molecule has 1 aromatic rings. The standard InChI is InChI=1S/C16H29N5O/c1-17-16(19-11-14-12-20-21(2)13-14)18-9-10-22-15-7-5-3-4-6-8-15/h12-13,15H,3-11H2,1-2H3,(H2,17,18,19). The van der Waals surface area contributed by atoms with Gasteiger partial charge in [-0.25, -0.2) is 0 Å². The van der Waals surface area contributed by atoms with Crippen LogP contribution in [0.1, 0.15) is 44.1 Å². The molecule has 124 valence electrons. The van der Waals surface area contributed by atoms with Crippen LogP contribution in [-0.2, 0) is 18.3 Å². The molecule has 0 unspecified atom stereocenters. The van der Waals surface area contributed by atoms with Crippen LogP contribution in [0.2, 0.25) is 0 Å². The van der Waals surface area contributed by atoms with E-state index in [0.717, 1.165) is 31.2 Å². The molecule has 1 heterocycles. The van der Waals surface area contributed by atoms with Gasteiger partial charge in [-0.2, -0.15) is 5.10 Å². The lowest BCUT2D eigenvalue weighted by Gasteiger charge is -2.16. The number of ether oxygens (including phenoxy) is 1. The fourth-order valence-corrected chi connectivity index (χ4v) is 2.77. The minimum Gasteiger partial charge on any atom is -0.376 e. The van der Waals surface area contributed by atoms with Gasteiger partial charge in [0.1, 0.15) is 0 Å². The fraction of sp³-hybridized carbons (Fsp3) is 0.750. The first kappa shape index (κ1) is 16.8. The van der Waals surface area contributed by atoms with Gasteiger partial charge in [-0.1, -0.05) is 25.7 Å². The van der Waals surface area contributed by atoms with Gasteiger partial charge in [0.15, 0.2) is 5.96 Å². The molecule has 6 nitrogen and oxygen atoms in total. The van der Waals surface area contributed by atoms with Crippen LogP contribution in [0.4, 0.5) is 0 Å². The lowest BCUT2D eigenvalue weighted by molar-refractivity contribution is 0.0468. The maximum atomic E-state index is 5.97. The lowest BCUT2D eigenvalue weighted by atomic mass is 10.1. The zero-order valence-electron chi connectivity index (χ0n) is 13.8. The zero-order valence-corrected chi connectivity index (χ0v) is 13.8. The van der Waals surface area contributed by atoms with Crippen LogP contribution >= 0.6 is 0 Å². The summed E-state index contributed by atoms with van der Waals surface area (Å²) in [7, 11) is 3.70. The van der Waals surface area contributed by atoms with Crippen LogP contribution in [0, 0.1) is 0 Å². The molecule has 1 aliphatic carbocycles. The molecule has 22 heavy (non-hydrogen) atoms. The molecule has 0 aliphatic heterocycles. The quantitative estimate of drug-likeness (QED) is 0.364. The molecule has 2 rings (SSSR count). The first-order chi connectivity index (χ1) is 10.8. The molecule has 0 atom stereocenters. The second kappa shape index (κ2) is 9.46. The average molecular weight is 307 g/mol. The number of guanidine groups is 1. The molecule has 0 amide bonds. The number of aromatic nitrogens is 2. The van der Waals surface area contributed by atoms with E-state index >= 15 is 0 Å². The Bertz CT molecular complexity index is 449. The fourth-order valence-electron chi connectivity index (χ4n) is 2.77. The SMILES string of the molecule is CN=C(NCCOC1CCCCCC1)NCc1cnn(C)c1. The minimum atomic E-state index is 0.453. The van der Waals surface area contributed by atoms with Crippen molar-refractivity contribution in [1.82, 2.24) is 20.4 Å². The Morgan fingerprint density at radius 1 is 1.32 bits per heavy atom. The third kappa shape index (κ3) is 6.05. The van der Waals surface area contributed by atoms with E-state index in [-0.39, 0.29) is 0 Å². The molecule has 0 spiro atoms. The molecule has 2 N–H and O–H groups in total. The topological polar surface area (TPSA) is 63.5 Å². The highest BCUT2D eigenvalue weighted by Gasteiger charge is 2.12. The molecule has 1 aliphatic rings. The van der Waals surface area contributed by atoms with Crippen LogP contribution in [0.3, 0.4) is 0 Å². The largest absolute Gasteiger partial charge is 0.376 e. The number of aryl methyl sites for hydroxylation is 1. The third-order valence-corrected chi connectivity index (χ3v) is 3.99. The molecule has 0 radical (unpaired) electrons. The van der Waals surface area contributed by atoms with Gasteiger partial charge < -0.3 is 15.4 Å². The summed E-state index contributed by atoms with van der Waals surface area (Å²) >= 11 is 0. The normalized spacial score (nSPS) is 17.3. The van der Waals surface area contributed by atoms with Crippen molar-refractivity contribution in [2.24, 2.45) is 12.0 Å². The van der Waals surface area contributed by atoms with E-state index in [1.807, 2.05) is 19.4 Å². The van der Waals surface area contributed by atoms with Crippen LogP contribution in [0.15, 0.2) is 17.4 Å². The first-order valence-corrected chi connectivity index (χ1v) is 8.31. The molecule has 1 saturated carbocycles. The number of hydrogen-bond donors (Lipinski definition) is 2. The monoisotopic (exact) mass is 307 g/mol. The zero-order chi connectivity index (χ0) is 15.6. The average Bonchev–Trinajstić information content (AvgIpc) is 2.78. The van der Waals surface area contributed by atoms with Gasteiger partial charge in [0.2, 0.25) is 0 Å². The maximum Gasteiger partial charge on any atom is 0.191 e. The predicted molar refractivity (Wildman–Crippen MR) is 88.9 cm³/mol. The third-order valence-electron chi connectivity index (χ3n) is 3.99. The smallest absolute Gasteiger partial charge is 0.191 e. The van der Waals surface area contributed by atoms with Gasteiger partial charge in [-0.15, -0.1) is 0 Å². The van der Waals surface area contributed by atoms with E-state index < -0.39 is 0 Å². The second-order valence-corrected chi connectivity index (χ2v) is 5.86. The number of nitrogens with zero attached hydrogens (tertiary/aromatic N) is 3. The van der Waals surface area contributed by atoms with Crippen LogP contribution in [0.25, 0.3) is 0 Å². The molecule has 1 aromatic heterocycles. The summed E-state index contributed by atoms with van der Waals surface area (Å²) in [6.45, 7) is 2.23. The van der Waals surface area contributed by atoms with Gasteiger partial charge in [0, 0.05) is 38.9 Å². The van der Waals surface area contributed by atoms with Crippen molar-refractivity contribution in [3.8, 4) is 0 Å². The van der Waals surface area contributed by atoms with Crippen molar-refractivity contribution in [3.05, 3.63) is 18.0 Å². The Morgan fingerprint density at radius 3 is 2.73 bits per heavy atom. The summed E-state index contributed by atoms with van der Waals surface area (Å²) in [6.07, 6.45) is 12.1. The van der Waals surface area contributed by atoms with Crippen LogP contribution < -0.4 is 10.6 Å². The van der Waals surface area contributed by atoms with Gasteiger partial charge in [0.05, 0.1) is 18.9 Å². The Labute approximate surface area is 133 Å². The molecular formula is C16H29N5O. The number of rotatable bonds is 6. The van der Waals surface area contributed by atoms with Crippen molar-refractivity contribution in [2.45, 2.75) is 51.2 Å². The van der Waals surface area contributed by atoms with Gasteiger partial charge >= 0.3 is 0 Å². The van der Waals surface area contributed by atoms with Gasteiger partial charge in [-0.05, 0) is 12.8 Å². The number of nitrogens with one attached hydrogen (secondary N) is 2. The molecule has 0 bridgehead atoms. The van der Waals surface area contributed by atoms with Crippen molar-refractivity contribution in [1.29, 1.82) is 0 Å².